The van der Waals surface area contributed by atoms with Gasteiger partial charge in [0.25, 0.3) is 5.91 Å². The fraction of sp³-hybridized carbons (Fsp3) is 0.182. The first kappa shape index (κ1) is 12.2. The molecule has 0 radical (unpaired) electrons. The van der Waals surface area contributed by atoms with Crippen LogP contribution in [0, 0.1) is 18.6 Å². The fourth-order valence-electron chi connectivity index (χ4n) is 1.38. The van der Waals surface area contributed by atoms with E-state index in [1.54, 1.807) is 6.92 Å². The molecule has 7 heteroatoms. The Hall–Kier alpha value is -2.31. The molecule has 0 atom stereocenters. The summed E-state index contributed by atoms with van der Waals surface area (Å²) < 4.78 is 26.2. The summed E-state index contributed by atoms with van der Waals surface area (Å²) in [5.41, 5.74) is 0.0654. The van der Waals surface area contributed by atoms with Gasteiger partial charge in [0.05, 0.1) is 0 Å². The molecule has 0 unspecified atom stereocenters. The molecule has 2 rings (SSSR count). The smallest absolute Gasteiger partial charge is 0.291 e. The molecule has 1 heterocycles. The highest BCUT2D eigenvalue weighted by molar-refractivity contribution is 5.90. The number of nitrogens with zero attached hydrogens (tertiary/aromatic N) is 2. The van der Waals surface area contributed by atoms with Gasteiger partial charge in [0.1, 0.15) is 17.5 Å². The summed E-state index contributed by atoms with van der Waals surface area (Å²) in [7, 11) is 0. The van der Waals surface area contributed by atoms with Crippen LogP contribution in [0.25, 0.3) is 0 Å². The third kappa shape index (κ3) is 2.68. The largest absolute Gasteiger partial charge is 0.345 e. The highest BCUT2D eigenvalue weighted by atomic mass is 19.1. The second-order valence-corrected chi connectivity index (χ2v) is 3.66. The Kier molecular flexibility index (Phi) is 3.31. The minimum atomic E-state index is -0.581. The highest BCUT2D eigenvalue weighted by Gasteiger charge is 2.12. The van der Waals surface area contributed by atoms with E-state index in [1.807, 2.05) is 0 Å². The number of H-pyrrole nitrogens is 1. The third-order valence-electron chi connectivity index (χ3n) is 2.25. The van der Waals surface area contributed by atoms with Gasteiger partial charge in [-0.1, -0.05) is 0 Å². The molecule has 5 nitrogen and oxygen atoms in total. The number of hydrogen-bond acceptors (Lipinski definition) is 3. The predicted octanol–water partition coefficient (Wildman–Crippen LogP) is 1.32. The topological polar surface area (TPSA) is 70.7 Å². The van der Waals surface area contributed by atoms with Gasteiger partial charge in [0.15, 0.2) is 0 Å². The quantitative estimate of drug-likeness (QED) is 0.865. The summed E-state index contributed by atoms with van der Waals surface area (Å²) in [6.45, 7) is 1.52. The Labute approximate surface area is 101 Å². The first-order chi connectivity index (χ1) is 8.56. The van der Waals surface area contributed by atoms with Gasteiger partial charge >= 0.3 is 0 Å². The van der Waals surface area contributed by atoms with Crippen molar-refractivity contribution < 1.29 is 13.6 Å². The van der Waals surface area contributed by atoms with Crippen LogP contribution in [0.3, 0.4) is 0 Å². The van der Waals surface area contributed by atoms with Gasteiger partial charge in [0.2, 0.25) is 5.82 Å². The van der Waals surface area contributed by atoms with E-state index in [0.29, 0.717) is 5.82 Å². The van der Waals surface area contributed by atoms with Crippen molar-refractivity contribution in [3.8, 4) is 0 Å². The van der Waals surface area contributed by atoms with E-state index in [9.17, 15) is 13.6 Å². The van der Waals surface area contributed by atoms with Gasteiger partial charge < -0.3 is 5.32 Å². The summed E-state index contributed by atoms with van der Waals surface area (Å²) in [5, 5.41) is 8.57. The first-order valence-corrected chi connectivity index (χ1v) is 5.17. The number of aromatic nitrogens is 3. The van der Waals surface area contributed by atoms with Crippen molar-refractivity contribution in [2.24, 2.45) is 0 Å². The summed E-state index contributed by atoms with van der Waals surface area (Å²) >= 11 is 0. The van der Waals surface area contributed by atoms with Crippen LogP contribution < -0.4 is 5.32 Å². The maximum absolute atomic E-state index is 13.3. The average molecular weight is 252 g/mol. The molecule has 18 heavy (non-hydrogen) atoms. The van der Waals surface area contributed by atoms with Crippen molar-refractivity contribution in [1.82, 2.24) is 20.5 Å². The van der Waals surface area contributed by atoms with Gasteiger partial charge in [-0.2, -0.15) is 0 Å². The van der Waals surface area contributed by atoms with Gasteiger partial charge in [-0.25, -0.2) is 13.8 Å². The molecule has 0 spiro atoms. The van der Waals surface area contributed by atoms with Crippen LogP contribution in [0.2, 0.25) is 0 Å². The molecular weight excluding hydrogens is 242 g/mol. The molecule has 2 aromatic rings. The van der Waals surface area contributed by atoms with Crippen LogP contribution >= 0.6 is 0 Å². The Morgan fingerprint density at radius 3 is 2.89 bits per heavy atom. The van der Waals surface area contributed by atoms with Crippen molar-refractivity contribution in [2.45, 2.75) is 13.5 Å². The summed E-state index contributed by atoms with van der Waals surface area (Å²) in [6, 6.07) is 3.05. The lowest BCUT2D eigenvalue weighted by Crippen LogP contribution is -2.24. The fourth-order valence-corrected chi connectivity index (χ4v) is 1.38. The summed E-state index contributed by atoms with van der Waals surface area (Å²) in [5.74, 6) is -1.23. The molecule has 0 bridgehead atoms. The average Bonchev–Trinajstić information content (AvgIpc) is 2.77. The predicted molar refractivity (Wildman–Crippen MR) is 58.6 cm³/mol. The molecular formula is C11H10F2N4O. The molecule has 1 amide bonds. The molecule has 0 aliphatic heterocycles. The number of aromatic amines is 1. The van der Waals surface area contributed by atoms with Crippen LogP contribution in [0.1, 0.15) is 22.0 Å². The molecule has 1 aromatic heterocycles. The lowest BCUT2D eigenvalue weighted by molar-refractivity contribution is 0.0940. The molecule has 2 N–H and O–H groups in total. The van der Waals surface area contributed by atoms with Crippen molar-refractivity contribution in [3.05, 3.63) is 47.0 Å². The minimum Gasteiger partial charge on any atom is -0.345 e. The number of hydrogen-bond donors (Lipinski definition) is 2. The molecule has 94 valence electrons. The van der Waals surface area contributed by atoms with E-state index in [4.69, 9.17) is 0 Å². The second-order valence-electron chi connectivity index (χ2n) is 3.66. The maximum atomic E-state index is 13.3. The lowest BCUT2D eigenvalue weighted by Gasteiger charge is -2.04. The van der Waals surface area contributed by atoms with Crippen molar-refractivity contribution in [1.29, 1.82) is 0 Å². The zero-order valence-electron chi connectivity index (χ0n) is 9.50. The van der Waals surface area contributed by atoms with Crippen molar-refractivity contribution in [2.75, 3.05) is 0 Å². The number of carbonyl (C=O) groups is 1. The van der Waals surface area contributed by atoms with Crippen molar-refractivity contribution >= 4 is 5.91 Å². The van der Waals surface area contributed by atoms with Crippen molar-refractivity contribution in [3.63, 3.8) is 0 Å². The SMILES string of the molecule is Cc1nc(C(=O)NCc2cc(F)ccc2F)n[nH]1. The number of rotatable bonds is 3. The number of carbonyl (C=O) groups excluding carboxylic acids is 1. The van der Waals surface area contributed by atoms with E-state index in [0.717, 1.165) is 18.2 Å². The van der Waals surface area contributed by atoms with Crippen LogP contribution in [0.15, 0.2) is 18.2 Å². The molecule has 0 fully saturated rings. The molecule has 0 saturated carbocycles. The van der Waals surface area contributed by atoms with E-state index >= 15 is 0 Å². The van der Waals surface area contributed by atoms with Crippen LogP contribution in [0.4, 0.5) is 8.78 Å². The molecule has 0 aliphatic rings. The third-order valence-corrected chi connectivity index (χ3v) is 2.25. The number of amides is 1. The lowest BCUT2D eigenvalue weighted by atomic mass is 10.2. The van der Waals surface area contributed by atoms with Crippen LogP contribution in [-0.2, 0) is 6.54 Å². The van der Waals surface area contributed by atoms with Gasteiger partial charge in [-0.3, -0.25) is 9.89 Å². The monoisotopic (exact) mass is 252 g/mol. The zero-order chi connectivity index (χ0) is 13.1. The molecule has 0 aliphatic carbocycles. The van der Waals surface area contributed by atoms with E-state index in [-0.39, 0.29) is 17.9 Å². The number of aryl methyl sites for hydroxylation is 1. The number of benzene rings is 1. The maximum Gasteiger partial charge on any atom is 0.291 e. The number of halogens is 2. The Morgan fingerprint density at radius 2 is 2.22 bits per heavy atom. The van der Waals surface area contributed by atoms with E-state index < -0.39 is 17.5 Å². The first-order valence-electron chi connectivity index (χ1n) is 5.17. The Morgan fingerprint density at radius 1 is 1.44 bits per heavy atom. The normalized spacial score (nSPS) is 10.4. The van der Waals surface area contributed by atoms with Gasteiger partial charge in [0, 0.05) is 12.1 Å². The Balaban J connectivity index is 2.03. The van der Waals surface area contributed by atoms with Gasteiger partial charge in [-0.15, -0.1) is 5.10 Å². The van der Waals surface area contributed by atoms with Crippen LogP contribution in [0.5, 0.6) is 0 Å². The van der Waals surface area contributed by atoms with E-state index in [2.05, 4.69) is 20.5 Å². The zero-order valence-corrected chi connectivity index (χ0v) is 9.50. The second kappa shape index (κ2) is 4.91. The highest BCUT2D eigenvalue weighted by Crippen LogP contribution is 2.09. The van der Waals surface area contributed by atoms with Gasteiger partial charge in [-0.05, 0) is 25.1 Å². The molecule has 1 aromatic carbocycles. The minimum absolute atomic E-state index is 0.0377. The standard InChI is InChI=1S/C11H10F2N4O/c1-6-15-10(17-16-6)11(18)14-5-7-4-8(12)2-3-9(7)13/h2-4H,5H2,1H3,(H,14,18)(H,15,16,17). The Bertz CT molecular complexity index is 582. The summed E-state index contributed by atoms with van der Waals surface area (Å²) in [4.78, 5) is 15.4. The molecule has 0 saturated heterocycles. The number of nitrogens with one attached hydrogen (secondary N) is 2. The van der Waals surface area contributed by atoms with Crippen LogP contribution in [-0.4, -0.2) is 21.1 Å². The summed E-state index contributed by atoms with van der Waals surface area (Å²) in [6.07, 6.45) is 0. The van der Waals surface area contributed by atoms with E-state index in [1.165, 1.54) is 0 Å².